The maximum absolute atomic E-state index is 12.7. The van der Waals surface area contributed by atoms with E-state index in [9.17, 15) is 14.7 Å². The van der Waals surface area contributed by atoms with Crippen LogP contribution in [-0.4, -0.2) is 44.9 Å². The number of aliphatic hydroxyl groups is 2. The van der Waals surface area contributed by atoms with Gasteiger partial charge in [-0.05, 0) is 36.8 Å². The number of carbonyl (C=O) groups excluding carboxylic acids is 2. The summed E-state index contributed by atoms with van der Waals surface area (Å²) in [4.78, 5) is 30.8. The van der Waals surface area contributed by atoms with Crippen LogP contribution in [0.4, 0.5) is 0 Å². The summed E-state index contributed by atoms with van der Waals surface area (Å²) < 4.78 is 0. The fourth-order valence-corrected chi connectivity index (χ4v) is 3.52. The average molecular weight is 407 g/mol. The molecule has 1 amide bonds. The zero-order valence-electron chi connectivity index (χ0n) is 14.1. The van der Waals surface area contributed by atoms with Crippen molar-refractivity contribution in [3.05, 3.63) is 69.5 Å². The normalized spacial score (nSPS) is 18.9. The maximum atomic E-state index is 12.7. The molecule has 2 heterocycles. The highest BCUT2D eigenvalue weighted by atomic mass is 35.5. The van der Waals surface area contributed by atoms with E-state index in [-0.39, 0.29) is 35.7 Å². The standard InChI is InChI=1S/C19H16Cl2N2O4/c20-11-5-6-12(13(21)10-11)17(25)15-16(14-4-1-2-7-22-14)23(8-3-9-24)19(27)18(15)26/h1-2,4-7,10,16,24-25H,3,8-9H2/t16-/m1/s1. The van der Waals surface area contributed by atoms with Gasteiger partial charge in [0.05, 0.1) is 16.3 Å². The first kappa shape index (κ1) is 19.4. The van der Waals surface area contributed by atoms with E-state index in [1.165, 1.54) is 29.3 Å². The lowest BCUT2D eigenvalue weighted by molar-refractivity contribution is -0.140. The van der Waals surface area contributed by atoms with Gasteiger partial charge in [-0.25, -0.2) is 0 Å². The number of Topliss-reactive ketones (excluding diaryl/α,β-unsaturated/α-hetero) is 1. The van der Waals surface area contributed by atoms with Crippen molar-refractivity contribution < 1.29 is 19.8 Å². The molecule has 0 aliphatic carbocycles. The van der Waals surface area contributed by atoms with Gasteiger partial charge in [-0.2, -0.15) is 0 Å². The van der Waals surface area contributed by atoms with Crippen molar-refractivity contribution in [1.82, 2.24) is 9.88 Å². The van der Waals surface area contributed by atoms with Gasteiger partial charge in [0.2, 0.25) is 0 Å². The fraction of sp³-hybridized carbons (Fsp3) is 0.211. The fourth-order valence-electron chi connectivity index (χ4n) is 3.02. The Hall–Kier alpha value is -2.41. The van der Waals surface area contributed by atoms with Gasteiger partial charge < -0.3 is 15.1 Å². The monoisotopic (exact) mass is 406 g/mol. The van der Waals surface area contributed by atoms with Crippen molar-refractivity contribution in [2.45, 2.75) is 12.5 Å². The number of aromatic nitrogens is 1. The van der Waals surface area contributed by atoms with Gasteiger partial charge in [0.1, 0.15) is 11.8 Å². The minimum atomic E-state index is -0.871. The lowest BCUT2D eigenvalue weighted by Crippen LogP contribution is -2.31. The molecule has 8 heteroatoms. The molecule has 3 rings (SSSR count). The number of pyridine rings is 1. The van der Waals surface area contributed by atoms with Crippen LogP contribution in [0.1, 0.15) is 23.7 Å². The zero-order chi connectivity index (χ0) is 19.6. The average Bonchev–Trinajstić information content (AvgIpc) is 2.91. The number of halogens is 2. The number of likely N-dealkylation sites (tertiary alicyclic amines) is 1. The Morgan fingerprint density at radius 2 is 1.96 bits per heavy atom. The van der Waals surface area contributed by atoms with Crippen LogP contribution in [0.15, 0.2) is 48.2 Å². The summed E-state index contributed by atoms with van der Waals surface area (Å²) in [5, 5.41) is 20.5. The van der Waals surface area contributed by atoms with Crippen molar-refractivity contribution in [2.24, 2.45) is 0 Å². The summed E-state index contributed by atoms with van der Waals surface area (Å²) in [5.74, 6) is -1.98. The van der Waals surface area contributed by atoms with E-state index in [0.29, 0.717) is 10.7 Å². The van der Waals surface area contributed by atoms with Crippen molar-refractivity contribution >= 4 is 40.7 Å². The molecule has 0 saturated carbocycles. The third kappa shape index (κ3) is 3.69. The Bertz CT molecular complexity index is 915. The molecule has 0 spiro atoms. The molecule has 27 heavy (non-hydrogen) atoms. The van der Waals surface area contributed by atoms with Crippen LogP contribution in [0, 0.1) is 0 Å². The summed E-state index contributed by atoms with van der Waals surface area (Å²) in [7, 11) is 0. The molecule has 0 radical (unpaired) electrons. The molecular formula is C19H16Cl2N2O4. The highest BCUT2D eigenvalue weighted by molar-refractivity contribution is 6.47. The Kier molecular flexibility index (Phi) is 5.79. The SMILES string of the molecule is O=C1C(=O)N(CCCO)[C@H](c2ccccn2)C1=C(O)c1ccc(Cl)cc1Cl. The van der Waals surface area contributed by atoms with Crippen molar-refractivity contribution in [1.29, 1.82) is 0 Å². The van der Waals surface area contributed by atoms with Gasteiger partial charge >= 0.3 is 0 Å². The molecule has 0 bridgehead atoms. The molecule has 0 unspecified atom stereocenters. The predicted octanol–water partition coefficient (Wildman–Crippen LogP) is 3.19. The summed E-state index contributed by atoms with van der Waals surface area (Å²) in [6, 6.07) is 8.68. The third-order valence-corrected chi connectivity index (χ3v) is 4.80. The van der Waals surface area contributed by atoms with Gasteiger partial charge in [-0.1, -0.05) is 29.3 Å². The second kappa shape index (κ2) is 8.08. The zero-order valence-corrected chi connectivity index (χ0v) is 15.6. The number of nitrogens with zero attached hydrogens (tertiary/aromatic N) is 2. The van der Waals surface area contributed by atoms with Crippen LogP contribution in [0.3, 0.4) is 0 Å². The number of aliphatic hydroxyl groups excluding tert-OH is 2. The van der Waals surface area contributed by atoms with E-state index in [4.69, 9.17) is 28.3 Å². The van der Waals surface area contributed by atoms with E-state index < -0.39 is 23.5 Å². The summed E-state index contributed by atoms with van der Waals surface area (Å²) in [6.45, 7) is 0.00833. The summed E-state index contributed by atoms with van der Waals surface area (Å²) >= 11 is 12.1. The number of hydrogen-bond donors (Lipinski definition) is 2. The number of carbonyl (C=O) groups is 2. The molecular weight excluding hydrogens is 391 g/mol. The molecule has 1 aliphatic heterocycles. The molecule has 140 valence electrons. The smallest absolute Gasteiger partial charge is 0.295 e. The number of rotatable bonds is 5. The highest BCUT2D eigenvalue weighted by Crippen LogP contribution is 2.40. The van der Waals surface area contributed by atoms with Crippen molar-refractivity contribution in [3.8, 4) is 0 Å². The topological polar surface area (TPSA) is 90.7 Å². The number of hydrogen-bond acceptors (Lipinski definition) is 5. The van der Waals surface area contributed by atoms with E-state index in [1.807, 2.05) is 0 Å². The highest BCUT2D eigenvalue weighted by Gasteiger charge is 2.46. The quantitative estimate of drug-likeness (QED) is 0.451. The number of ketones is 1. The Morgan fingerprint density at radius 3 is 2.59 bits per heavy atom. The van der Waals surface area contributed by atoms with Gasteiger partial charge in [-0.3, -0.25) is 14.6 Å². The van der Waals surface area contributed by atoms with Gasteiger partial charge in [0, 0.05) is 29.9 Å². The third-order valence-electron chi connectivity index (χ3n) is 4.25. The van der Waals surface area contributed by atoms with Crippen LogP contribution in [0.25, 0.3) is 5.76 Å². The summed E-state index contributed by atoms with van der Waals surface area (Å²) in [5.41, 5.74) is 0.532. The van der Waals surface area contributed by atoms with Crippen LogP contribution >= 0.6 is 23.2 Å². The molecule has 1 aliphatic rings. The molecule has 1 aromatic carbocycles. The second-order valence-corrected chi connectivity index (χ2v) is 6.79. The largest absolute Gasteiger partial charge is 0.507 e. The van der Waals surface area contributed by atoms with Crippen LogP contribution < -0.4 is 0 Å². The van der Waals surface area contributed by atoms with Gasteiger partial charge in [0.25, 0.3) is 11.7 Å². The lowest BCUT2D eigenvalue weighted by Gasteiger charge is -2.24. The minimum absolute atomic E-state index is 0.0964. The minimum Gasteiger partial charge on any atom is -0.507 e. The van der Waals surface area contributed by atoms with Crippen molar-refractivity contribution in [2.75, 3.05) is 13.2 Å². The first-order valence-electron chi connectivity index (χ1n) is 8.21. The Balaban J connectivity index is 2.18. The maximum Gasteiger partial charge on any atom is 0.295 e. The van der Waals surface area contributed by atoms with Crippen LogP contribution in [0.2, 0.25) is 10.0 Å². The molecule has 1 fully saturated rings. The van der Waals surface area contributed by atoms with E-state index in [0.717, 1.165) is 0 Å². The number of amides is 1. The van der Waals surface area contributed by atoms with E-state index >= 15 is 0 Å². The Morgan fingerprint density at radius 1 is 1.19 bits per heavy atom. The molecule has 1 atom stereocenters. The van der Waals surface area contributed by atoms with Gasteiger partial charge in [-0.15, -0.1) is 0 Å². The Labute approximate surface area is 165 Å². The predicted molar refractivity (Wildman–Crippen MR) is 101 cm³/mol. The molecule has 6 nitrogen and oxygen atoms in total. The second-order valence-electron chi connectivity index (χ2n) is 5.95. The molecule has 1 saturated heterocycles. The van der Waals surface area contributed by atoms with Crippen molar-refractivity contribution in [3.63, 3.8) is 0 Å². The van der Waals surface area contributed by atoms with E-state index in [1.54, 1.807) is 18.2 Å². The first-order chi connectivity index (χ1) is 13.0. The van der Waals surface area contributed by atoms with Crippen LogP contribution in [-0.2, 0) is 9.59 Å². The molecule has 2 aromatic rings. The van der Waals surface area contributed by atoms with Gasteiger partial charge in [0.15, 0.2) is 0 Å². The van der Waals surface area contributed by atoms with Crippen LogP contribution in [0.5, 0.6) is 0 Å². The summed E-state index contributed by atoms with van der Waals surface area (Å²) in [6.07, 6.45) is 1.83. The van der Waals surface area contributed by atoms with E-state index in [2.05, 4.69) is 4.98 Å². The molecule has 1 aromatic heterocycles. The lowest BCUT2D eigenvalue weighted by atomic mass is 9.98. The first-order valence-corrected chi connectivity index (χ1v) is 8.97. The molecule has 2 N–H and O–H groups in total. The number of benzene rings is 1.